The molecule has 2 fully saturated rings. The van der Waals surface area contributed by atoms with Crippen molar-refractivity contribution in [1.29, 1.82) is 0 Å². The molecule has 2 aromatic heterocycles. The highest BCUT2D eigenvalue weighted by Gasteiger charge is 2.35. The first-order valence-corrected chi connectivity index (χ1v) is 10.0. The normalized spacial score (nSPS) is 22.8. The van der Waals surface area contributed by atoms with Gasteiger partial charge >= 0.3 is 5.69 Å². The van der Waals surface area contributed by atoms with Gasteiger partial charge in [-0.1, -0.05) is 12.8 Å². The van der Waals surface area contributed by atoms with Crippen molar-refractivity contribution in [3.63, 3.8) is 0 Å². The van der Waals surface area contributed by atoms with Gasteiger partial charge < -0.3 is 9.64 Å². The van der Waals surface area contributed by atoms with Crippen LogP contribution in [0, 0.1) is 5.92 Å². The average molecular weight is 372 g/mol. The highest BCUT2D eigenvalue weighted by Crippen LogP contribution is 2.35. The SMILES string of the molecule is COCCn1c(=O)n(CC(=O)N2CCC[C@H]3CCCC[C@H]32)c2cccnc21. The van der Waals surface area contributed by atoms with Crippen LogP contribution in [0.15, 0.2) is 23.1 Å². The topological polar surface area (TPSA) is 69.4 Å². The maximum atomic E-state index is 13.2. The van der Waals surface area contributed by atoms with Gasteiger partial charge in [0, 0.05) is 25.9 Å². The summed E-state index contributed by atoms with van der Waals surface area (Å²) in [5.74, 6) is 0.696. The Morgan fingerprint density at radius 2 is 2.04 bits per heavy atom. The fourth-order valence-corrected chi connectivity index (χ4v) is 4.84. The van der Waals surface area contributed by atoms with Gasteiger partial charge in [0.05, 0.1) is 18.7 Å². The summed E-state index contributed by atoms with van der Waals surface area (Å²) in [5.41, 5.74) is 1.14. The second-order valence-corrected chi connectivity index (χ2v) is 7.70. The first kappa shape index (κ1) is 18.2. The number of pyridine rings is 1. The summed E-state index contributed by atoms with van der Waals surface area (Å²) in [7, 11) is 1.61. The van der Waals surface area contributed by atoms with Crippen molar-refractivity contribution >= 4 is 17.1 Å². The number of ether oxygens (including phenoxy) is 1. The largest absolute Gasteiger partial charge is 0.383 e. The first-order valence-electron chi connectivity index (χ1n) is 10.0. The number of rotatable bonds is 5. The average Bonchev–Trinajstić information content (AvgIpc) is 2.97. The Kier molecular flexibility index (Phi) is 5.29. The first-order chi connectivity index (χ1) is 13.2. The molecule has 0 radical (unpaired) electrons. The minimum atomic E-state index is -0.189. The summed E-state index contributed by atoms with van der Waals surface area (Å²) in [6, 6.07) is 4.03. The van der Waals surface area contributed by atoms with Crippen molar-refractivity contribution in [3.8, 4) is 0 Å². The third kappa shape index (κ3) is 3.40. The van der Waals surface area contributed by atoms with E-state index in [4.69, 9.17) is 4.74 Å². The highest BCUT2D eigenvalue weighted by atomic mass is 16.5. The van der Waals surface area contributed by atoms with Crippen LogP contribution in [0.2, 0.25) is 0 Å². The zero-order chi connectivity index (χ0) is 18.8. The van der Waals surface area contributed by atoms with Crippen LogP contribution >= 0.6 is 0 Å². The molecular formula is C20H28N4O3. The van der Waals surface area contributed by atoms with E-state index in [0.29, 0.717) is 36.3 Å². The third-order valence-electron chi connectivity index (χ3n) is 6.15. The number of nitrogens with zero attached hydrogens (tertiary/aromatic N) is 4. The lowest BCUT2D eigenvalue weighted by Crippen LogP contribution is -2.51. The summed E-state index contributed by atoms with van der Waals surface area (Å²) in [4.78, 5) is 32.5. The molecule has 27 heavy (non-hydrogen) atoms. The molecule has 2 aliphatic rings. The van der Waals surface area contributed by atoms with Gasteiger partial charge in [-0.2, -0.15) is 0 Å². The number of carbonyl (C=O) groups is 1. The van der Waals surface area contributed by atoms with Crippen LogP contribution in [0.5, 0.6) is 0 Å². The van der Waals surface area contributed by atoms with E-state index < -0.39 is 0 Å². The monoisotopic (exact) mass is 372 g/mol. The summed E-state index contributed by atoms with van der Waals surface area (Å²) >= 11 is 0. The number of hydrogen-bond donors (Lipinski definition) is 0. The van der Waals surface area contributed by atoms with Crippen molar-refractivity contribution < 1.29 is 9.53 Å². The van der Waals surface area contributed by atoms with Gasteiger partial charge in [0.2, 0.25) is 5.91 Å². The molecule has 2 aromatic rings. The van der Waals surface area contributed by atoms with Crippen LogP contribution in [0.1, 0.15) is 38.5 Å². The molecule has 146 valence electrons. The van der Waals surface area contributed by atoms with Crippen molar-refractivity contribution in [2.75, 3.05) is 20.3 Å². The van der Waals surface area contributed by atoms with Crippen LogP contribution in [0.4, 0.5) is 0 Å². The molecule has 1 amide bonds. The number of hydrogen-bond acceptors (Lipinski definition) is 4. The lowest BCUT2D eigenvalue weighted by molar-refractivity contribution is -0.138. The molecule has 3 heterocycles. The molecule has 0 N–H and O–H groups in total. The van der Waals surface area contributed by atoms with E-state index in [2.05, 4.69) is 9.88 Å². The number of methoxy groups -OCH3 is 1. The lowest BCUT2D eigenvalue weighted by atomic mass is 9.78. The molecule has 0 spiro atoms. The van der Waals surface area contributed by atoms with E-state index in [9.17, 15) is 9.59 Å². The molecule has 7 nitrogen and oxygen atoms in total. The lowest BCUT2D eigenvalue weighted by Gasteiger charge is -2.44. The molecule has 1 saturated carbocycles. The van der Waals surface area contributed by atoms with Crippen LogP contribution in [-0.4, -0.2) is 51.2 Å². The van der Waals surface area contributed by atoms with E-state index in [1.807, 2.05) is 12.1 Å². The van der Waals surface area contributed by atoms with E-state index >= 15 is 0 Å². The number of imidazole rings is 1. The minimum Gasteiger partial charge on any atom is -0.383 e. The molecule has 1 saturated heterocycles. The summed E-state index contributed by atoms with van der Waals surface area (Å²) in [5, 5.41) is 0. The number of fused-ring (bicyclic) bond motifs is 2. The van der Waals surface area contributed by atoms with E-state index in [1.165, 1.54) is 25.7 Å². The summed E-state index contributed by atoms with van der Waals surface area (Å²) in [6.07, 6.45) is 8.78. The Balaban J connectivity index is 1.62. The standard InChI is InChI=1S/C20H28N4O3/c1-27-13-12-23-19-17(9-4-10-21-19)24(20(23)26)14-18(25)22-11-5-7-15-6-2-3-8-16(15)22/h4,9-10,15-16H,2-3,5-8,11-14H2,1H3/t15-,16-/m1/s1. The van der Waals surface area contributed by atoms with Crippen molar-refractivity contribution in [2.24, 2.45) is 5.92 Å². The van der Waals surface area contributed by atoms with Crippen LogP contribution in [0.3, 0.4) is 0 Å². The van der Waals surface area contributed by atoms with Crippen LogP contribution < -0.4 is 5.69 Å². The van der Waals surface area contributed by atoms with Gasteiger partial charge in [-0.15, -0.1) is 0 Å². The zero-order valence-electron chi connectivity index (χ0n) is 16.0. The zero-order valence-corrected chi connectivity index (χ0v) is 16.0. The Morgan fingerprint density at radius 1 is 1.22 bits per heavy atom. The second-order valence-electron chi connectivity index (χ2n) is 7.70. The second kappa shape index (κ2) is 7.84. The number of aromatic nitrogens is 3. The molecule has 0 unspecified atom stereocenters. The molecule has 1 aliphatic carbocycles. The minimum absolute atomic E-state index is 0.0587. The van der Waals surface area contributed by atoms with Crippen molar-refractivity contribution in [3.05, 3.63) is 28.8 Å². The fourth-order valence-electron chi connectivity index (χ4n) is 4.84. The van der Waals surface area contributed by atoms with E-state index in [1.54, 1.807) is 22.4 Å². The van der Waals surface area contributed by atoms with Crippen LogP contribution in [-0.2, 0) is 22.6 Å². The molecule has 0 aromatic carbocycles. The van der Waals surface area contributed by atoms with Crippen molar-refractivity contribution in [2.45, 2.75) is 57.7 Å². The summed E-state index contributed by atoms with van der Waals surface area (Å²) in [6.45, 7) is 1.76. The van der Waals surface area contributed by atoms with Crippen LogP contribution in [0.25, 0.3) is 11.2 Å². The smallest absolute Gasteiger partial charge is 0.330 e. The van der Waals surface area contributed by atoms with E-state index in [0.717, 1.165) is 19.4 Å². The fraction of sp³-hybridized carbons (Fsp3) is 0.650. The van der Waals surface area contributed by atoms with Gasteiger partial charge in [0.1, 0.15) is 6.54 Å². The Labute approximate surface area is 158 Å². The van der Waals surface area contributed by atoms with Gasteiger partial charge in [0.25, 0.3) is 0 Å². The number of amides is 1. The maximum Gasteiger partial charge on any atom is 0.330 e. The third-order valence-corrected chi connectivity index (χ3v) is 6.15. The molecule has 7 heteroatoms. The molecular weight excluding hydrogens is 344 g/mol. The van der Waals surface area contributed by atoms with Gasteiger partial charge in [-0.05, 0) is 43.7 Å². The molecule has 1 aliphatic heterocycles. The van der Waals surface area contributed by atoms with E-state index in [-0.39, 0.29) is 18.1 Å². The summed E-state index contributed by atoms with van der Waals surface area (Å²) < 4.78 is 8.30. The Hall–Kier alpha value is -2.15. The number of likely N-dealkylation sites (tertiary alicyclic amines) is 1. The molecule has 2 atom stereocenters. The number of carbonyl (C=O) groups excluding carboxylic acids is 1. The quantitative estimate of drug-likeness (QED) is 0.805. The van der Waals surface area contributed by atoms with Gasteiger partial charge in [-0.25, -0.2) is 9.78 Å². The van der Waals surface area contributed by atoms with Crippen molar-refractivity contribution in [1.82, 2.24) is 19.0 Å². The predicted molar refractivity (Wildman–Crippen MR) is 103 cm³/mol. The number of piperidine rings is 1. The molecule has 0 bridgehead atoms. The predicted octanol–water partition coefficient (Wildman–Crippen LogP) is 2.03. The molecule has 4 rings (SSSR count). The van der Waals surface area contributed by atoms with Gasteiger partial charge in [0.15, 0.2) is 5.65 Å². The maximum absolute atomic E-state index is 13.2. The Morgan fingerprint density at radius 3 is 2.89 bits per heavy atom. The Bertz CT molecular complexity index is 870. The highest BCUT2D eigenvalue weighted by molar-refractivity contribution is 5.79. The van der Waals surface area contributed by atoms with Gasteiger partial charge in [-0.3, -0.25) is 13.9 Å².